The van der Waals surface area contributed by atoms with Gasteiger partial charge in [-0.15, -0.1) is 0 Å². The van der Waals surface area contributed by atoms with E-state index in [9.17, 15) is 9.59 Å². The molecule has 0 radical (unpaired) electrons. The van der Waals surface area contributed by atoms with Crippen molar-refractivity contribution in [1.82, 2.24) is 14.8 Å². The van der Waals surface area contributed by atoms with E-state index in [-0.39, 0.29) is 18.0 Å². The topological polar surface area (TPSA) is 75.9 Å². The van der Waals surface area contributed by atoms with Crippen LogP contribution in [0.25, 0.3) is 11.3 Å². The van der Waals surface area contributed by atoms with Gasteiger partial charge in [0.2, 0.25) is 0 Å². The predicted molar refractivity (Wildman–Crippen MR) is 125 cm³/mol. The highest BCUT2D eigenvalue weighted by Crippen LogP contribution is 2.34. The molecule has 0 unspecified atom stereocenters. The van der Waals surface area contributed by atoms with Crippen molar-refractivity contribution in [1.29, 1.82) is 0 Å². The number of nitrogens with zero attached hydrogens (tertiary/aromatic N) is 3. The zero-order chi connectivity index (χ0) is 22.2. The molecule has 0 bridgehead atoms. The number of hydrogen-bond donors (Lipinski definition) is 0. The summed E-state index contributed by atoms with van der Waals surface area (Å²) in [6.07, 6.45) is 4.80. The Morgan fingerprint density at radius 3 is 2.23 bits per heavy atom. The maximum Gasteiger partial charge on any atom is 0.410 e. The number of ether oxygens (including phenoxy) is 1. The number of amides is 2. The van der Waals surface area contributed by atoms with Gasteiger partial charge >= 0.3 is 6.09 Å². The first-order chi connectivity index (χ1) is 14.7. The second-order valence-electron chi connectivity index (χ2n) is 9.19. The maximum atomic E-state index is 13.4. The molecule has 1 aliphatic carbocycles. The third-order valence-corrected chi connectivity index (χ3v) is 6.37. The highest BCUT2D eigenvalue weighted by atomic mass is 127. The number of hydrogen-bond acceptors (Lipinski definition) is 5. The van der Waals surface area contributed by atoms with Crippen molar-refractivity contribution >= 4 is 34.6 Å². The Kier molecular flexibility index (Phi) is 6.27. The van der Waals surface area contributed by atoms with E-state index in [0.717, 1.165) is 34.9 Å². The van der Waals surface area contributed by atoms with Crippen LogP contribution in [0.15, 0.2) is 35.1 Å². The van der Waals surface area contributed by atoms with E-state index in [0.29, 0.717) is 30.5 Å². The fraction of sp³-hybridized carbons (Fsp3) is 0.522. The summed E-state index contributed by atoms with van der Waals surface area (Å²) < 4.78 is 11.7. The van der Waals surface area contributed by atoms with Gasteiger partial charge < -0.3 is 19.0 Å². The Hall–Kier alpha value is -2.10. The van der Waals surface area contributed by atoms with Gasteiger partial charge in [0.1, 0.15) is 9.30 Å². The average molecular weight is 537 g/mol. The maximum absolute atomic E-state index is 13.4. The van der Waals surface area contributed by atoms with E-state index >= 15 is 0 Å². The van der Waals surface area contributed by atoms with Gasteiger partial charge in [-0.3, -0.25) is 4.79 Å². The van der Waals surface area contributed by atoms with Crippen LogP contribution >= 0.6 is 22.6 Å². The molecule has 1 saturated heterocycles. The van der Waals surface area contributed by atoms with Crippen molar-refractivity contribution in [3.05, 3.63) is 39.9 Å². The van der Waals surface area contributed by atoms with Crippen LogP contribution in [-0.4, -0.2) is 57.6 Å². The first-order valence-electron chi connectivity index (χ1n) is 10.7. The summed E-state index contributed by atoms with van der Waals surface area (Å²) in [6.45, 7) is 6.84. The van der Waals surface area contributed by atoms with Gasteiger partial charge in [-0.1, -0.05) is 12.1 Å². The van der Waals surface area contributed by atoms with E-state index in [4.69, 9.17) is 9.15 Å². The molecule has 2 aromatic rings. The van der Waals surface area contributed by atoms with Gasteiger partial charge in [0.15, 0.2) is 12.2 Å². The van der Waals surface area contributed by atoms with Gasteiger partial charge in [-0.25, -0.2) is 9.78 Å². The molecule has 0 N–H and O–H groups in total. The second kappa shape index (κ2) is 8.80. The van der Waals surface area contributed by atoms with Crippen LogP contribution in [0.4, 0.5) is 4.79 Å². The van der Waals surface area contributed by atoms with Gasteiger partial charge in [0.25, 0.3) is 5.91 Å². The molecule has 8 heteroatoms. The van der Waals surface area contributed by atoms with E-state index in [2.05, 4.69) is 32.5 Å². The molecule has 1 aromatic carbocycles. The molecule has 1 aliphatic heterocycles. The summed E-state index contributed by atoms with van der Waals surface area (Å²) >= 11 is 2.13. The van der Waals surface area contributed by atoms with Gasteiger partial charge in [0.05, 0.1) is 0 Å². The lowest BCUT2D eigenvalue weighted by molar-refractivity contribution is 0.0142. The SMILES string of the molecule is CC(C)(C)OC(=O)N1CCC(N(C(=O)c2ccc(-c3ocnc3I)cc2)C2CC2)CC1. The smallest absolute Gasteiger partial charge is 0.410 e. The largest absolute Gasteiger partial charge is 0.444 e. The third kappa shape index (κ3) is 5.22. The molecule has 0 spiro atoms. The Morgan fingerprint density at radius 1 is 1.10 bits per heavy atom. The van der Waals surface area contributed by atoms with Crippen molar-refractivity contribution in [3.63, 3.8) is 0 Å². The molecule has 7 nitrogen and oxygen atoms in total. The number of benzene rings is 1. The van der Waals surface area contributed by atoms with Crippen molar-refractivity contribution in [3.8, 4) is 11.3 Å². The number of piperidine rings is 1. The van der Waals surface area contributed by atoms with Crippen LogP contribution in [0.1, 0.15) is 56.8 Å². The van der Waals surface area contributed by atoms with E-state index < -0.39 is 5.60 Å². The molecule has 31 heavy (non-hydrogen) atoms. The lowest BCUT2D eigenvalue weighted by atomic mass is 10.0. The second-order valence-corrected chi connectivity index (χ2v) is 10.2. The Morgan fingerprint density at radius 2 is 1.71 bits per heavy atom. The quantitative estimate of drug-likeness (QED) is 0.516. The predicted octanol–water partition coefficient (Wildman–Crippen LogP) is 4.95. The summed E-state index contributed by atoms with van der Waals surface area (Å²) in [4.78, 5) is 33.7. The van der Waals surface area contributed by atoms with Crippen molar-refractivity contribution in [2.45, 2.75) is 64.1 Å². The molecule has 2 fully saturated rings. The molecular formula is C23H28IN3O4. The molecule has 1 aromatic heterocycles. The van der Waals surface area contributed by atoms with Crippen molar-refractivity contribution in [2.75, 3.05) is 13.1 Å². The number of aromatic nitrogens is 1. The van der Waals surface area contributed by atoms with Gasteiger partial charge in [0, 0.05) is 36.3 Å². The molecule has 4 rings (SSSR count). The molecular weight excluding hydrogens is 509 g/mol. The van der Waals surface area contributed by atoms with Crippen LogP contribution in [0.2, 0.25) is 0 Å². The minimum Gasteiger partial charge on any atom is -0.444 e. The molecule has 2 aliphatic rings. The first-order valence-corrected chi connectivity index (χ1v) is 11.8. The van der Waals surface area contributed by atoms with E-state index in [1.165, 1.54) is 6.39 Å². The van der Waals surface area contributed by atoms with Crippen LogP contribution in [0.5, 0.6) is 0 Å². The molecule has 2 amide bonds. The van der Waals surface area contributed by atoms with Crippen LogP contribution in [0, 0.1) is 3.70 Å². The first kappa shape index (κ1) is 22.1. The normalized spacial score (nSPS) is 17.5. The third-order valence-electron chi connectivity index (χ3n) is 5.60. The lowest BCUT2D eigenvalue weighted by Gasteiger charge is -2.39. The summed E-state index contributed by atoms with van der Waals surface area (Å²) in [5.41, 5.74) is 1.08. The lowest BCUT2D eigenvalue weighted by Crippen LogP contribution is -2.50. The molecule has 1 saturated carbocycles. The van der Waals surface area contributed by atoms with Crippen molar-refractivity contribution < 1.29 is 18.7 Å². The van der Waals surface area contributed by atoms with E-state index in [1.54, 1.807) is 4.90 Å². The fourth-order valence-corrected chi connectivity index (χ4v) is 4.52. The summed E-state index contributed by atoms with van der Waals surface area (Å²) in [5.74, 6) is 0.783. The van der Waals surface area contributed by atoms with Crippen LogP contribution < -0.4 is 0 Å². The molecule has 2 heterocycles. The Bertz CT molecular complexity index is 938. The highest BCUT2D eigenvalue weighted by Gasteiger charge is 2.39. The number of rotatable bonds is 4. The zero-order valence-electron chi connectivity index (χ0n) is 18.1. The highest BCUT2D eigenvalue weighted by molar-refractivity contribution is 14.1. The number of likely N-dealkylation sites (tertiary alicyclic amines) is 1. The number of oxazole rings is 1. The Labute approximate surface area is 196 Å². The van der Waals surface area contributed by atoms with Gasteiger partial charge in [-0.2, -0.15) is 0 Å². The standard InChI is InChI=1S/C23H28IN3O4/c1-23(2,3)31-22(29)26-12-10-18(11-13-26)27(17-8-9-17)21(28)16-6-4-15(5-7-16)19-20(24)25-14-30-19/h4-7,14,17-18H,8-13H2,1-3H3. The number of halogens is 1. The Balaban J connectivity index is 1.42. The monoisotopic (exact) mass is 537 g/mol. The zero-order valence-corrected chi connectivity index (χ0v) is 20.3. The minimum absolute atomic E-state index is 0.0667. The minimum atomic E-state index is -0.500. The van der Waals surface area contributed by atoms with Gasteiger partial charge in [-0.05, 0) is 81.2 Å². The van der Waals surface area contributed by atoms with Crippen molar-refractivity contribution in [2.24, 2.45) is 0 Å². The summed E-state index contributed by atoms with van der Waals surface area (Å²) in [7, 11) is 0. The number of carbonyl (C=O) groups excluding carboxylic acids is 2. The average Bonchev–Trinajstić information content (AvgIpc) is 3.47. The fourth-order valence-electron chi connectivity index (χ4n) is 3.97. The molecule has 166 valence electrons. The molecule has 0 atom stereocenters. The van der Waals surface area contributed by atoms with Crippen LogP contribution in [-0.2, 0) is 4.74 Å². The number of carbonyl (C=O) groups is 2. The van der Waals surface area contributed by atoms with E-state index in [1.807, 2.05) is 45.0 Å². The summed E-state index contributed by atoms with van der Waals surface area (Å²) in [5, 5.41) is 0. The van der Waals surface area contributed by atoms with Crippen LogP contribution in [0.3, 0.4) is 0 Å². The summed E-state index contributed by atoms with van der Waals surface area (Å²) in [6, 6.07) is 8.00.